The number of amides is 2. The first kappa shape index (κ1) is 22.8. The SMILES string of the molecule is C[C@@H](C(=O)NCC1CC(Br)=NO1)N(C(=O)OCc1ccccc1)c1cccc2ccccc12. The number of hydrogen-bond acceptors (Lipinski definition) is 5. The van der Waals surface area contributed by atoms with Gasteiger partial charge in [-0.2, -0.15) is 0 Å². The Bertz CT molecular complexity index is 1160. The van der Waals surface area contributed by atoms with Crippen LogP contribution in [0.3, 0.4) is 0 Å². The lowest BCUT2D eigenvalue weighted by molar-refractivity contribution is -0.122. The molecule has 2 atom stereocenters. The van der Waals surface area contributed by atoms with E-state index < -0.39 is 12.1 Å². The Kier molecular flexibility index (Phi) is 7.24. The second kappa shape index (κ2) is 10.5. The number of nitrogens with one attached hydrogen (secondary N) is 1. The third kappa shape index (κ3) is 5.51. The molecule has 1 heterocycles. The molecule has 0 spiro atoms. The van der Waals surface area contributed by atoms with Gasteiger partial charge in [0.15, 0.2) is 6.10 Å². The summed E-state index contributed by atoms with van der Waals surface area (Å²) < 4.78 is 6.32. The Morgan fingerprint density at radius 1 is 1.12 bits per heavy atom. The largest absolute Gasteiger partial charge is 0.444 e. The second-order valence-corrected chi connectivity index (χ2v) is 8.64. The van der Waals surface area contributed by atoms with Crippen molar-refractivity contribution in [2.45, 2.75) is 32.1 Å². The molecule has 33 heavy (non-hydrogen) atoms. The van der Waals surface area contributed by atoms with E-state index in [1.54, 1.807) is 6.92 Å². The molecule has 3 aromatic carbocycles. The van der Waals surface area contributed by atoms with Crippen LogP contribution in [-0.4, -0.2) is 35.3 Å². The smallest absolute Gasteiger partial charge is 0.415 e. The minimum Gasteiger partial charge on any atom is -0.444 e. The van der Waals surface area contributed by atoms with Gasteiger partial charge in [0.25, 0.3) is 0 Å². The number of halogens is 1. The molecule has 3 aromatic rings. The van der Waals surface area contributed by atoms with E-state index in [2.05, 4.69) is 26.4 Å². The molecular formula is C25H24BrN3O4. The molecule has 4 rings (SSSR count). The third-order valence-corrected chi connectivity index (χ3v) is 5.86. The number of rotatable bonds is 7. The molecule has 2 amide bonds. The van der Waals surface area contributed by atoms with Crippen LogP contribution in [0.2, 0.25) is 0 Å². The Labute approximate surface area is 200 Å². The van der Waals surface area contributed by atoms with Crippen LogP contribution in [0.15, 0.2) is 78.0 Å². The van der Waals surface area contributed by atoms with Gasteiger partial charge >= 0.3 is 6.09 Å². The summed E-state index contributed by atoms with van der Waals surface area (Å²) >= 11 is 3.29. The average molecular weight is 510 g/mol. The highest BCUT2D eigenvalue weighted by atomic mass is 79.9. The monoisotopic (exact) mass is 509 g/mol. The zero-order chi connectivity index (χ0) is 23.2. The fraction of sp³-hybridized carbons (Fsp3) is 0.240. The standard InChI is InChI=1S/C25H24BrN3O4/c1-17(24(30)27-15-20-14-23(26)28-33-20)29(25(31)32-16-18-8-3-2-4-9-18)22-13-7-11-19-10-5-6-12-21(19)22/h2-13,17,20H,14-16H2,1H3,(H,27,30)/t17-,20?/m0/s1. The number of ether oxygens (including phenoxy) is 1. The third-order valence-electron chi connectivity index (χ3n) is 5.40. The summed E-state index contributed by atoms with van der Waals surface area (Å²) in [7, 11) is 0. The molecule has 1 aliphatic rings. The van der Waals surface area contributed by atoms with Gasteiger partial charge in [-0.15, -0.1) is 0 Å². The molecule has 0 bridgehead atoms. The molecule has 0 radical (unpaired) electrons. The first-order valence-corrected chi connectivity index (χ1v) is 11.5. The quantitative estimate of drug-likeness (QED) is 0.486. The van der Waals surface area contributed by atoms with Crippen molar-refractivity contribution in [1.82, 2.24) is 5.32 Å². The maximum atomic E-state index is 13.3. The molecule has 0 aliphatic carbocycles. The maximum Gasteiger partial charge on any atom is 0.415 e. The minimum absolute atomic E-state index is 0.108. The molecule has 7 nitrogen and oxygen atoms in total. The van der Waals surface area contributed by atoms with E-state index in [4.69, 9.17) is 9.57 Å². The highest BCUT2D eigenvalue weighted by Gasteiger charge is 2.31. The van der Waals surface area contributed by atoms with Gasteiger partial charge in [-0.3, -0.25) is 9.69 Å². The molecule has 170 valence electrons. The molecule has 0 saturated carbocycles. The van der Waals surface area contributed by atoms with Crippen LogP contribution in [0.5, 0.6) is 0 Å². The van der Waals surface area contributed by atoms with Gasteiger partial charge in [-0.05, 0) is 39.9 Å². The molecule has 1 unspecified atom stereocenters. The topological polar surface area (TPSA) is 80.2 Å². The van der Waals surface area contributed by atoms with Gasteiger partial charge in [0, 0.05) is 11.8 Å². The first-order chi connectivity index (χ1) is 16.0. The summed E-state index contributed by atoms with van der Waals surface area (Å²) in [4.78, 5) is 33.0. The number of carbonyl (C=O) groups excluding carboxylic acids is 2. The average Bonchev–Trinajstić information content (AvgIpc) is 3.27. The van der Waals surface area contributed by atoms with Crippen LogP contribution in [0.25, 0.3) is 10.8 Å². The lowest BCUT2D eigenvalue weighted by Gasteiger charge is -2.29. The summed E-state index contributed by atoms with van der Waals surface area (Å²) in [6.45, 7) is 2.07. The van der Waals surface area contributed by atoms with Crippen LogP contribution in [0.1, 0.15) is 18.9 Å². The Hall–Kier alpha value is -3.39. The first-order valence-electron chi connectivity index (χ1n) is 10.7. The van der Waals surface area contributed by atoms with Crippen molar-refractivity contribution in [3.8, 4) is 0 Å². The molecule has 1 aliphatic heterocycles. The molecule has 0 aromatic heterocycles. The number of carbonyl (C=O) groups is 2. The molecule has 8 heteroatoms. The van der Waals surface area contributed by atoms with Gasteiger partial charge in [0.1, 0.15) is 17.3 Å². The fourth-order valence-electron chi connectivity index (χ4n) is 3.66. The summed E-state index contributed by atoms with van der Waals surface area (Å²) in [5.41, 5.74) is 1.47. The van der Waals surface area contributed by atoms with Crippen molar-refractivity contribution in [3.63, 3.8) is 0 Å². The number of fused-ring (bicyclic) bond motifs is 1. The Morgan fingerprint density at radius 3 is 2.61 bits per heavy atom. The van der Waals surface area contributed by atoms with Gasteiger partial charge in [-0.1, -0.05) is 71.9 Å². The molecular weight excluding hydrogens is 486 g/mol. The van der Waals surface area contributed by atoms with E-state index in [1.807, 2.05) is 72.8 Å². The number of benzene rings is 3. The van der Waals surface area contributed by atoms with Crippen molar-refractivity contribution in [2.75, 3.05) is 11.4 Å². The minimum atomic E-state index is -0.815. The maximum absolute atomic E-state index is 13.3. The van der Waals surface area contributed by atoms with Gasteiger partial charge in [0.05, 0.1) is 12.2 Å². The van der Waals surface area contributed by atoms with E-state index in [9.17, 15) is 9.59 Å². The molecule has 1 N–H and O–H groups in total. The predicted molar refractivity (Wildman–Crippen MR) is 131 cm³/mol. The lowest BCUT2D eigenvalue weighted by atomic mass is 10.1. The van der Waals surface area contributed by atoms with Crippen LogP contribution in [0, 0.1) is 0 Å². The zero-order valence-electron chi connectivity index (χ0n) is 18.1. The Morgan fingerprint density at radius 2 is 1.85 bits per heavy atom. The summed E-state index contributed by atoms with van der Waals surface area (Å²) in [6, 6.07) is 22.0. The van der Waals surface area contributed by atoms with Crippen molar-refractivity contribution in [1.29, 1.82) is 0 Å². The number of anilines is 1. The Balaban J connectivity index is 1.56. The summed E-state index contributed by atoms with van der Waals surface area (Å²) in [5, 5.41) is 8.52. The summed E-state index contributed by atoms with van der Waals surface area (Å²) in [5.74, 6) is -0.314. The lowest BCUT2D eigenvalue weighted by Crippen LogP contribution is -2.49. The van der Waals surface area contributed by atoms with E-state index in [-0.39, 0.29) is 25.2 Å². The summed E-state index contributed by atoms with van der Waals surface area (Å²) in [6.07, 6.45) is -0.256. The van der Waals surface area contributed by atoms with Crippen molar-refractivity contribution in [3.05, 3.63) is 78.4 Å². The highest BCUT2D eigenvalue weighted by molar-refractivity contribution is 9.18. The van der Waals surface area contributed by atoms with Gasteiger partial charge in [-0.25, -0.2) is 4.79 Å². The van der Waals surface area contributed by atoms with Crippen LogP contribution < -0.4 is 10.2 Å². The predicted octanol–water partition coefficient (Wildman–Crippen LogP) is 4.99. The normalized spacial score (nSPS) is 15.9. The van der Waals surface area contributed by atoms with Crippen LogP contribution in [-0.2, 0) is 21.0 Å². The van der Waals surface area contributed by atoms with Crippen LogP contribution in [0.4, 0.5) is 10.5 Å². The number of oxime groups is 1. The molecule has 0 fully saturated rings. The number of nitrogens with zero attached hydrogens (tertiary/aromatic N) is 2. The van der Waals surface area contributed by atoms with E-state index in [0.29, 0.717) is 16.7 Å². The second-order valence-electron chi connectivity index (χ2n) is 7.73. The van der Waals surface area contributed by atoms with E-state index >= 15 is 0 Å². The van der Waals surface area contributed by atoms with Crippen molar-refractivity contribution < 1.29 is 19.2 Å². The van der Waals surface area contributed by atoms with Gasteiger partial charge in [0.2, 0.25) is 5.91 Å². The zero-order valence-corrected chi connectivity index (χ0v) is 19.7. The van der Waals surface area contributed by atoms with Gasteiger partial charge < -0.3 is 14.9 Å². The highest BCUT2D eigenvalue weighted by Crippen LogP contribution is 2.29. The fourth-order valence-corrected chi connectivity index (χ4v) is 4.10. The van der Waals surface area contributed by atoms with Crippen molar-refractivity contribution in [2.24, 2.45) is 5.16 Å². The molecule has 0 saturated heterocycles. The number of hydrogen-bond donors (Lipinski definition) is 1. The van der Waals surface area contributed by atoms with E-state index in [0.717, 1.165) is 16.3 Å². The van der Waals surface area contributed by atoms with E-state index in [1.165, 1.54) is 4.90 Å². The van der Waals surface area contributed by atoms with Crippen molar-refractivity contribution >= 4 is 49.0 Å². The van der Waals surface area contributed by atoms with Crippen LogP contribution >= 0.6 is 15.9 Å².